The van der Waals surface area contributed by atoms with Crippen LogP contribution in [0.15, 0.2) is 42.5 Å². The van der Waals surface area contributed by atoms with Crippen LogP contribution in [0, 0.1) is 6.92 Å². The molecule has 0 aliphatic carbocycles. The van der Waals surface area contributed by atoms with Crippen molar-refractivity contribution in [1.29, 1.82) is 0 Å². The Bertz CT molecular complexity index is 752. The molecule has 0 aromatic heterocycles. The molecule has 3 rings (SSSR count). The van der Waals surface area contributed by atoms with Crippen LogP contribution in [0.1, 0.15) is 22.7 Å². The van der Waals surface area contributed by atoms with E-state index >= 15 is 0 Å². The number of piperazine rings is 1. The van der Waals surface area contributed by atoms with Crippen molar-refractivity contribution < 1.29 is 23.0 Å². The van der Waals surface area contributed by atoms with E-state index in [1.807, 2.05) is 25.1 Å². The second kappa shape index (κ2) is 10.2. The van der Waals surface area contributed by atoms with Crippen LogP contribution in [0.2, 0.25) is 0 Å². The van der Waals surface area contributed by atoms with Crippen LogP contribution < -0.4 is 10.1 Å². The average Bonchev–Trinajstić information content (AvgIpc) is 2.60. The van der Waals surface area contributed by atoms with E-state index in [0.717, 1.165) is 42.9 Å². The van der Waals surface area contributed by atoms with E-state index in [-0.39, 0.29) is 42.4 Å². The van der Waals surface area contributed by atoms with Gasteiger partial charge in [-0.15, -0.1) is 38.0 Å². The number of alkyl halides is 3. The Morgan fingerprint density at radius 3 is 2.21 bits per heavy atom. The number of hydrogen-bond donors (Lipinski definition) is 2. The highest BCUT2D eigenvalue weighted by atomic mass is 35.5. The zero-order valence-corrected chi connectivity index (χ0v) is 16.8. The lowest BCUT2D eigenvalue weighted by atomic mass is 9.94. The topological polar surface area (TPSA) is 44.7 Å². The molecule has 1 saturated heterocycles. The number of rotatable bonds is 4. The minimum Gasteiger partial charge on any atom is -0.507 e. The molecule has 2 aromatic rings. The number of para-hydroxylation sites is 1. The summed E-state index contributed by atoms with van der Waals surface area (Å²) < 4.78 is 41.1. The Kier molecular flexibility index (Phi) is 8.88. The molecule has 156 valence electrons. The molecule has 9 heteroatoms. The molecule has 1 atom stereocenters. The molecule has 1 fully saturated rings. The van der Waals surface area contributed by atoms with Gasteiger partial charge in [-0.3, -0.25) is 4.90 Å². The summed E-state index contributed by atoms with van der Waals surface area (Å²) in [7, 11) is 0. The molecule has 0 radical (unpaired) electrons. The summed E-state index contributed by atoms with van der Waals surface area (Å²) in [6, 6.07) is 11.2. The largest absolute Gasteiger partial charge is 0.573 e. The van der Waals surface area contributed by atoms with Gasteiger partial charge in [-0.25, -0.2) is 0 Å². The van der Waals surface area contributed by atoms with Crippen molar-refractivity contribution in [3.05, 3.63) is 59.2 Å². The van der Waals surface area contributed by atoms with Crippen LogP contribution in [0.25, 0.3) is 0 Å². The molecule has 0 unspecified atom stereocenters. The Labute approximate surface area is 174 Å². The van der Waals surface area contributed by atoms with Crippen LogP contribution in [0.3, 0.4) is 0 Å². The number of aromatic hydroxyl groups is 1. The summed E-state index contributed by atoms with van der Waals surface area (Å²) in [6.07, 6.45) is -4.71. The standard InChI is InChI=1S/C19H21F3N2O2.2ClH/c1-13-3-2-4-16(18(13)25)17(24-11-9-23-10-12-24)14-5-7-15(8-6-14)26-19(20,21)22;;/h2-8,17,23,25H,9-12H2,1H3;2*1H/t17-;;/m0../s1. The average molecular weight is 439 g/mol. The fourth-order valence-electron chi connectivity index (χ4n) is 3.28. The van der Waals surface area contributed by atoms with Gasteiger partial charge in [0.05, 0.1) is 6.04 Å². The molecular formula is C19H23Cl2F3N2O2. The van der Waals surface area contributed by atoms with Crippen molar-refractivity contribution >= 4 is 24.8 Å². The predicted octanol–water partition coefficient (Wildman–Crippen LogP) is 4.44. The molecule has 1 heterocycles. The molecule has 0 saturated carbocycles. The number of hydrogen-bond acceptors (Lipinski definition) is 4. The normalized spacial score (nSPS) is 15.9. The van der Waals surface area contributed by atoms with Crippen LogP contribution >= 0.6 is 24.8 Å². The van der Waals surface area contributed by atoms with E-state index in [4.69, 9.17) is 0 Å². The third-order valence-corrected chi connectivity index (χ3v) is 4.51. The smallest absolute Gasteiger partial charge is 0.507 e. The molecule has 0 spiro atoms. The van der Waals surface area contributed by atoms with Gasteiger partial charge in [-0.1, -0.05) is 30.3 Å². The van der Waals surface area contributed by atoms with Crippen molar-refractivity contribution in [1.82, 2.24) is 10.2 Å². The number of phenols is 1. The highest BCUT2D eigenvalue weighted by Gasteiger charge is 2.31. The molecule has 2 aromatic carbocycles. The molecule has 0 bridgehead atoms. The van der Waals surface area contributed by atoms with Gasteiger partial charge in [0.25, 0.3) is 0 Å². The molecule has 28 heavy (non-hydrogen) atoms. The third-order valence-electron chi connectivity index (χ3n) is 4.51. The van der Waals surface area contributed by atoms with E-state index in [9.17, 15) is 18.3 Å². The maximum atomic E-state index is 12.4. The zero-order valence-electron chi connectivity index (χ0n) is 15.2. The second-order valence-corrected chi connectivity index (χ2v) is 6.32. The molecule has 0 amide bonds. The van der Waals surface area contributed by atoms with E-state index in [0.29, 0.717) is 0 Å². The first-order chi connectivity index (χ1) is 12.3. The van der Waals surface area contributed by atoms with Crippen molar-refractivity contribution in [2.45, 2.75) is 19.3 Å². The summed E-state index contributed by atoms with van der Waals surface area (Å²) in [5.74, 6) is -0.0413. The van der Waals surface area contributed by atoms with Crippen molar-refractivity contribution in [3.63, 3.8) is 0 Å². The minimum absolute atomic E-state index is 0. The number of benzene rings is 2. The number of aryl methyl sites for hydroxylation is 1. The lowest BCUT2D eigenvalue weighted by Crippen LogP contribution is -2.45. The SMILES string of the molecule is Cc1cccc([C@H](c2ccc(OC(F)(F)F)cc2)N2CCNCC2)c1O.Cl.Cl. The highest BCUT2D eigenvalue weighted by molar-refractivity contribution is 5.85. The van der Waals surface area contributed by atoms with Crippen molar-refractivity contribution in [2.75, 3.05) is 26.2 Å². The first kappa shape index (κ1) is 24.4. The molecule has 1 aliphatic heterocycles. The van der Waals surface area contributed by atoms with Gasteiger partial charge in [0.15, 0.2) is 0 Å². The van der Waals surface area contributed by atoms with E-state index in [1.165, 1.54) is 12.1 Å². The summed E-state index contributed by atoms with van der Waals surface area (Å²) in [4.78, 5) is 2.21. The fraction of sp³-hybridized carbons (Fsp3) is 0.368. The maximum absolute atomic E-state index is 12.4. The molecular weight excluding hydrogens is 416 g/mol. The van der Waals surface area contributed by atoms with Crippen LogP contribution in [-0.4, -0.2) is 42.5 Å². The Morgan fingerprint density at radius 1 is 1.04 bits per heavy atom. The minimum atomic E-state index is -4.71. The monoisotopic (exact) mass is 438 g/mol. The van der Waals surface area contributed by atoms with Gasteiger partial charge in [0.1, 0.15) is 11.5 Å². The summed E-state index contributed by atoms with van der Waals surface area (Å²) in [6.45, 7) is 5.02. The molecule has 4 nitrogen and oxygen atoms in total. The zero-order chi connectivity index (χ0) is 18.7. The first-order valence-electron chi connectivity index (χ1n) is 8.44. The van der Waals surface area contributed by atoms with E-state index in [2.05, 4.69) is 15.0 Å². The van der Waals surface area contributed by atoms with Crippen LogP contribution in [-0.2, 0) is 0 Å². The van der Waals surface area contributed by atoms with Crippen molar-refractivity contribution in [2.24, 2.45) is 0 Å². The van der Waals surface area contributed by atoms with Crippen LogP contribution in [0.5, 0.6) is 11.5 Å². The lowest BCUT2D eigenvalue weighted by molar-refractivity contribution is -0.274. The Balaban J connectivity index is 0.00000196. The van der Waals surface area contributed by atoms with Gasteiger partial charge in [-0.05, 0) is 30.2 Å². The summed E-state index contributed by atoms with van der Waals surface area (Å²) in [5.41, 5.74) is 2.32. The number of nitrogens with zero attached hydrogens (tertiary/aromatic N) is 1. The first-order valence-corrected chi connectivity index (χ1v) is 8.44. The summed E-state index contributed by atoms with van der Waals surface area (Å²) in [5, 5.41) is 13.8. The second-order valence-electron chi connectivity index (χ2n) is 6.32. The Hall–Kier alpha value is -1.67. The lowest BCUT2D eigenvalue weighted by Gasteiger charge is -2.36. The predicted molar refractivity (Wildman–Crippen MR) is 107 cm³/mol. The van der Waals surface area contributed by atoms with Gasteiger partial charge in [0, 0.05) is 31.7 Å². The van der Waals surface area contributed by atoms with Gasteiger partial charge in [0.2, 0.25) is 0 Å². The highest BCUT2D eigenvalue weighted by Crippen LogP contribution is 2.37. The Morgan fingerprint density at radius 2 is 1.64 bits per heavy atom. The molecule has 2 N–H and O–H groups in total. The number of nitrogens with one attached hydrogen (secondary N) is 1. The van der Waals surface area contributed by atoms with Gasteiger partial charge >= 0.3 is 6.36 Å². The van der Waals surface area contributed by atoms with Crippen molar-refractivity contribution in [3.8, 4) is 11.5 Å². The summed E-state index contributed by atoms with van der Waals surface area (Å²) >= 11 is 0. The third kappa shape index (κ3) is 5.91. The van der Waals surface area contributed by atoms with E-state index in [1.54, 1.807) is 12.1 Å². The molecule has 1 aliphatic rings. The number of ether oxygens (including phenoxy) is 1. The van der Waals surface area contributed by atoms with Gasteiger partial charge < -0.3 is 15.2 Å². The van der Waals surface area contributed by atoms with E-state index < -0.39 is 6.36 Å². The number of halogens is 5. The van der Waals surface area contributed by atoms with Crippen LogP contribution in [0.4, 0.5) is 13.2 Å². The maximum Gasteiger partial charge on any atom is 0.573 e. The number of phenolic OH excluding ortho intramolecular Hbond substituents is 1. The quantitative estimate of drug-likeness (QED) is 0.740. The van der Waals surface area contributed by atoms with Gasteiger partial charge in [-0.2, -0.15) is 0 Å². The fourth-order valence-corrected chi connectivity index (χ4v) is 3.28.